The Morgan fingerprint density at radius 1 is 1.33 bits per heavy atom. The van der Waals surface area contributed by atoms with Crippen LogP contribution in [0.25, 0.3) is 0 Å². The van der Waals surface area contributed by atoms with Crippen molar-refractivity contribution in [1.29, 1.82) is 0 Å². The highest BCUT2D eigenvalue weighted by atomic mass is 16.1. The fraction of sp³-hybridized carbons (Fsp3) is 0.500. The lowest BCUT2D eigenvalue weighted by Gasteiger charge is -2.19. The van der Waals surface area contributed by atoms with Gasteiger partial charge in [0, 0.05) is 44.8 Å². The van der Waals surface area contributed by atoms with Gasteiger partial charge >= 0.3 is 0 Å². The zero-order chi connectivity index (χ0) is 13.1. The lowest BCUT2D eigenvalue weighted by molar-refractivity contribution is -0.119. The van der Waals surface area contributed by atoms with E-state index < -0.39 is 0 Å². The zero-order valence-corrected chi connectivity index (χ0v) is 11.2. The van der Waals surface area contributed by atoms with E-state index in [4.69, 9.17) is 0 Å². The molecule has 0 aliphatic carbocycles. The van der Waals surface area contributed by atoms with Crippen LogP contribution in [0.4, 0.5) is 5.69 Å². The second kappa shape index (κ2) is 5.40. The maximum absolute atomic E-state index is 11.1. The largest absolute Gasteiger partial charge is 0.378 e. The van der Waals surface area contributed by atoms with Crippen LogP contribution in [-0.4, -0.2) is 32.6 Å². The van der Waals surface area contributed by atoms with Crippen molar-refractivity contribution in [3.8, 4) is 0 Å². The molecule has 18 heavy (non-hydrogen) atoms. The number of benzene rings is 1. The van der Waals surface area contributed by atoms with Crippen LogP contribution in [0.2, 0.25) is 0 Å². The summed E-state index contributed by atoms with van der Waals surface area (Å²) in [7, 11) is 4.07. The third kappa shape index (κ3) is 3.01. The van der Waals surface area contributed by atoms with E-state index in [1.54, 1.807) is 0 Å². The summed E-state index contributed by atoms with van der Waals surface area (Å²) in [4.78, 5) is 13.2. The number of hydrogen-bond acceptors (Lipinski definition) is 3. The van der Waals surface area contributed by atoms with Crippen molar-refractivity contribution in [2.75, 3.05) is 25.5 Å². The average molecular weight is 247 g/mol. The summed E-state index contributed by atoms with van der Waals surface area (Å²) < 4.78 is 0. The second-order valence-electron chi connectivity index (χ2n) is 5.08. The predicted octanol–water partition coefficient (Wildman–Crippen LogP) is 1.29. The van der Waals surface area contributed by atoms with E-state index in [0.29, 0.717) is 6.42 Å². The summed E-state index contributed by atoms with van der Waals surface area (Å²) in [6.07, 6.45) is 0.583. The number of rotatable bonds is 4. The Labute approximate surface area is 108 Å². The Morgan fingerprint density at radius 3 is 2.50 bits per heavy atom. The number of nitrogens with one attached hydrogen (secondary N) is 2. The predicted molar refractivity (Wildman–Crippen MR) is 73.7 cm³/mol. The van der Waals surface area contributed by atoms with Crippen LogP contribution in [-0.2, 0) is 4.79 Å². The average Bonchev–Trinajstić information content (AvgIpc) is 2.75. The van der Waals surface area contributed by atoms with Crippen molar-refractivity contribution in [3.05, 3.63) is 29.8 Å². The van der Waals surface area contributed by atoms with Crippen LogP contribution >= 0.6 is 0 Å². The molecule has 1 aliphatic heterocycles. The molecule has 0 spiro atoms. The topological polar surface area (TPSA) is 44.4 Å². The summed E-state index contributed by atoms with van der Waals surface area (Å²) in [5.74, 6) is 0.141. The lowest BCUT2D eigenvalue weighted by atomic mass is 10.1. The number of hydrogen-bond donors (Lipinski definition) is 2. The van der Waals surface area contributed by atoms with E-state index in [2.05, 4.69) is 46.7 Å². The maximum atomic E-state index is 11.1. The number of carbonyl (C=O) groups is 1. The summed E-state index contributed by atoms with van der Waals surface area (Å²) in [5, 5.41) is 6.32. The molecule has 0 radical (unpaired) electrons. The molecule has 4 heteroatoms. The molecule has 2 N–H and O–H groups in total. The van der Waals surface area contributed by atoms with Gasteiger partial charge < -0.3 is 15.5 Å². The van der Waals surface area contributed by atoms with Crippen LogP contribution in [0.5, 0.6) is 0 Å². The molecule has 1 saturated heterocycles. The van der Waals surface area contributed by atoms with E-state index in [-0.39, 0.29) is 18.0 Å². The van der Waals surface area contributed by atoms with E-state index in [1.165, 1.54) is 11.3 Å². The fourth-order valence-electron chi connectivity index (χ4n) is 2.23. The summed E-state index contributed by atoms with van der Waals surface area (Å²) in [5.41, 5.74) is 2.45. The molecule has 1 heterocycles. The number of anilines is 1. The van der Waals surface area contributed by atoms with Gasteiger partial charge in [0.1, 0.15) is 0 Å². The van der Waals surface area contributed by atoms with Gasteiger partial charge in [0.15, 0.2) is 0 Å². The molecule has 1 aromatic rings. The van der Waals surface area contributed by atoms with Crippen molar-refractivity contribution < 1.29 is 4.79 Å². The zero-order valence-electron chi connectivity index (χ0n) is 11.2. The first-order valence-electron chi connectivity index (χ1n) is 6.36. The van der Waals surface area contributed by atoms with Crippen molar-refractivity contribution in [1.82, 2.24) is 10.6 Å². The Bertz CT molecular complexity index is 414. The molecule has 98 valence electrons. The van der Waals surface area contributed by atoms with Crippen LogP contribution in [0.1, 0.15) is 24.9 Å². The molecular weight excluding hydrogens is 226 g/mol. The Balaban J connectivity index is 1.96. The fourth-order valence-corrected chi connectivity index (χ4v) is 2.23. The Kier molecular flexibility index (Phi) is 3.87. The summed E-state index contributed by atoms with van der Waals surface area (Å²) >= 11 is 0. The molecule has 0 aromatic heterocycles. The van der Waals surface area contributed by atoms with Crippen LogP contribution < -0.4 is 15.5 Å². The highest BCUT2D eigenvalue weighted by Gasteiger charge is 2.22. The number of amides is 1. The first-order valence-corrected chi connectivity index (χ1v) is 6.36. The van der Waals surface area contributed by atoms with Crippen molar-refractivity contribution in [3.63, 3.8) is 0 Å². The Morgan fingerprint density at radius 2 is 2.00 bits per heavy atom. The van der Waals surface area contributed by atoms with E-state index >= 15 is 0 Å². The molecule has 1 amide bonds. The molecule has 0 bridgehead atoms. The number of nitrogens with zero attached hydrogens (tertiary/aromatic N) is 1. The molecule has 1 fully saturated rings. The first kappa shape index (κ1) is 12.9. The first-order chi connectivity index (χ1) is 8.56. The quantitative estimate of drug-likeness (QED) is 0.842. The Hall–Kier alpha value is -1.55. The van der Waals surface area contributed by atoms with Gasteiger partial charge in [0.25, 0.3) is 0 Å². The molecule has 0 saturated carbocycles. The SMILES string of the molecule is CC(NC1CNC(=O)C1)c1ccc(N(C)C)cc1. The normalized spacial score (nSPS) is 20.6. The summed E-state index contributed by atoms with van der Waals surface area (Å²) in [6, 6.07) is 9.02. The van der Waals surface area contributed by atoms with Gasteiger partial charge in [-0.1, -0.05) is 12.1 Å². The van der Waals surface area contributed by atoms with E-state index in [0.717, 1.165) is 6.54 Å². The molecule has 2 unspecified atom stereocenters. The maximum Gasteiger partial charge on any atom is 0.221 e. The number of carbonyl (C=O) groups excluding carboxylic acids is 1. The van der Waals surface area contributed by atoms with Gasteiger partial charge in [-0.05, 0) is 24.6 Å². The minimum atomic E-state index is 0.141. The molecule has 2 atom stereocenters. The van der Waals surface area contributed by atoms with Gasteiger partial charge in [0.2, 0.25) is 5.91 Å². The van der Waals surface area contributed by atoms with Crippen molar-refractivity contribution >= 4 is 11.6 Å². The third-order valence-electron chi connectivity index (χ3n) is 3.37. The van der Waals surface area contributed by atoms with Gasteiger partial charge in [0.05, 0.1) is 0 Å². The van der Waals surface area contributed by atoms with Crippen molar-refractivity contribution in [2.24, 2.45) is 0 Å². The molecule has 4 nitrogen and oxygen atoms in total. The van der Waals surface area contributed by atoms with Gasteiger partial charge in [-0.15, -0.1) is 0 Å². The van der Waals surface area contributed by atoms with E-state index in [1.807, 2.05) is 14.1 Å². The van der Waals surface area contributed by atoms with Crippen LogP contribution in [0.3, 0.4) is 0 Å². The smallest absolute Gasteiger partial charge is 0.221 e. The highest BCUT2D eigenvalue weighted by Crippen LogP contribution is 2.18. The molecular formula is C14H21N3O. The molecule has 1 aromatic carbocycles. The molecule has 1 aliphatic rings. The third-order valence-corrected chi connectivity index (χ3v) is 3.37. The van der Waals surface area contributed by atoms with Crippen LogP contribution in [0, 0.1) is 0 Å². The van der Waals surface area contributed by atoms with E-state index in [9.17, 15) is 4.79 Å². The minimum absolute atomic E-state index is 0.141. The molecule has 2 rings (SSSR count). The van der Waals surface area contributed by atoms with Gasteiger partial charge in [-0.25, -0.2) is 0 Å². The minimum Gasteiger partial charge on any atom is -0.378 e. The summed E-state index contributed by atoms with van der Waals surface area (Å²) in [6.45, 7) is 2.87. The second-order valence-corrected chi connectivity index (χ2v) is 5.08. The van der Waals surface area contributed by atoms with Gasteiger partial charge in [-0.2, -0.15) is 0 Å². The van der Waals surface area contributed by atoms with Gasteiger partial charge in [-0.3, -0.25) is 4.79 Å². The standard InChI is InChI=1S/C14H21N3O/c1-10(16-12-8-14(18)15-9-12)11-4-6-13(7-5-11)17(2)3/h4-7,10,12,16H,8-9H2,1-3H3,(H,15,18). The van der Waals surface area contributed by atoms with Crippen molar-refractivity contribution in [2.45, 2.75) is 25.4 Å². The monoisotopic (exact) mass is 247 g/mol. The lowest BCUT2D eigenvalue weighted by Crippen LogP contribution is -2.33. The highest BCUT2D eigenvalue weighted by molar-refractivity contribution is 5.78. The van der Waals surface area contributed by atoms with Crippen LogP contribution in [0.15, 0.2) is 24.3 Å².